The van der Waals surface area contributed by atoms with Gasteiger partial charge in [0.25, 0.3) is 0 Å². The number of likely N-dealkylation sites (N-methyl/N-ethyl adjacent to an activating group) is 1. The van der Waals surface area contributed by atoms with Crippen LogP contribution in [0.25, 0.3) is 0 Å². The Morgan fingerprint density at radius 3 is 2.46 bits per heavy atom. The summed E-state index contributed by atoms with van der Waals surface area (Å²) < 4.78 is 5.56. The molecule has 0 N–H and O–H groups in total. The fourth-order valence-corrected chi connectivity index (χ4v) is 4.03. The van der Waals surface area contributed by atoms with Gasteiger partial charge in [-0.05, 0) is 30.5 Å². The predicted molar refractivity (Wildman–Crippen MR) is 101 cm³/mol. The van der Waals surface area contributed by atoms with Crippen LogP contribution in [0, 0.1) is 0 Å². The van der Waals surface area contributed by atoms with E-state index in [9.17, 15) is 4.79 Å². The Labute approximate surface area is 154 Å². The van der Waals surface area contributed by atoms with Crippen molar-refractivity contribution in [3.63, 3.8) is 0 Å². The minimum atomic E-state index is -0.459. The number of pyridine rings is 1. The summed E-state index contributed by atoms with van der Waals surface area (Å²) in [4.78, 5) is 22.1. The lowest BCUT2D eigenvalue weighted by molar-refractivity contribution is -0.142. The van der Waals surface area contributed by atoms with E-state index in [0.717, 1.165) is 37.3 Å². The fourth-order valence-electron chi connectivity index (χ4n) is 4.03. The zero-order chi connectivity index (χ0) is 18.0. The molecule has 5 heteroatoms. The molecule has 136 valence electrons. The van der Waals surface area contributed by atoms with Gasteiger partial charge in [0.1, 0.15) is 5.82 Å². The van der Waals surface area contributed by atoms with Crippen LogP contribution in [0.5, 0.6) is 0 Å². The Morgan fingerprint density at radius 1 is 1.12 bits per heavy atom. The van der Waals surface area contributed by atoms with Gasteiger partial charge in [0, 0.05) is 39.5 Å². The van der Waals surface area contributed by atoms with Crippen LogP contribution < -0.4 is 4.90 Å². The van der Waals surface area contributed by atoms with Crippen molar-refractivity contribution in [2.45, 2.75) is 24.3 Å². The second kappa shape index (κ2) is 7.08. The summed E-state index contributed by atoms with van der Waals surface area (Å²) in [5.74, 6) is 1.20. The van der Waals surface area contributed by atoms with Gasteiger partial charge in [0.15, 0.2) is 0 Å². The Hall–Kier alpha value is -2.40. The lowest BCUT2D eigenvalue weighted by Gasteiger charge is -2.48. The number of aromatic nitrogens is 1. The first kappa shape index (κ1) is 17.0. The van der Waals surface area contributed by atoms with E-state index < -0.39 is 5.41 Å². The minimum absolute atomic E-state index is 0.220. The predicted octanol–water partition coefficient (Wildman–Crippen LogP) is 2.48. The lowest BCUT2D eigenvalue weighted by atomic mass is 9.72. The molecule has 2 aliphatic heterocycles. The highest BCUT2D eigenvalue weighted by molar-refractivity contribution is 5.88. The summed E-state index contributed by atoms with van der Waals surface area (Å²) in [6.07, 6.45) is 3.30. The van der Waals surface area contributed by atoms with Crippen molar-refractivity contribution in [1.82, 2.24) is 9.88 Å². The molecule has 0 bridgehead atoms. The van der Waals surface area contributed by atoms with Crippen molar-refractivity contribution < 1.29 is 9.53 Å². The van der Waals surface area contributed by atoms with Gasteiger partial charge in [-0.3, -0.25) is 4.79 Å². The van der Waals surface area contributed by atoms with Crippen molar-refractivity contribution in [1.29, 1.82) is 0 Å². The number of nitrogens with zero attached hydrogens (tertiary/aromatic N) is 3. The van der Waals surface area contributed by atoms with E-state index >= 15 is 0 Å². The average molecular weight is 351 g/mol. The number of benzene rings is 1. The number of carbonyl (C=O) groups is 1. The number of rotatable bonds is 4. The Kier molecular flexibility index (Phi) is 4.64. The smallest absolute Gasteiger partial charge is 0.233 e. The molecular weight excluding hydrogens is 326 g/mol. The lowest BCUT2D eigenvalue weighted by Crippen LogP contribution is -2.63. The zero-order valence-corrected chi connectivity index (χ0v) is 15.2. The SMILES string of the molecule is CN(C(=O)C1(c2ccccc2)CCOCC1)C1CN(c2ccccn2)C1. The maximum absolute atomic E-state index is 13.5. The molecule has 0 atom stereocenters. The number of amides is 1. The van der Waals surface area contributed by atoms with E-state index in [2.05, 4.69) is 22.0 Å². The summed E-state index contributed by atoms with van der Waals surface area (Å²) in [6, 6.07) is 16.4. The molecule has 0 unspecified atom stereocenters. The number of ether oxygens (including phenoxy) is 1. The summed E-state index contributed by atoms with van der Waals surface area (Å²) in [5, 5.41) is 0. The molecule has 3 heterocycles. The van der Waals surface area contributed by atoms with Gasteiger partial charge in [-0.15, -0.1) is 0 Å². The van der Waals surface area contributed by atoms with Crippen LogP contribution >= 0.6 is 0 Å². The molecule has 2 aliphatic rings. The number of carbonyl (C=O) groups excluding carboxylic acids is 1. The van der Waals surface area contributed by atoms with Crippen molar-refractivity contribution in [2.75, 3.05) is 38.3 Å². The molecule has 1 amide bonds. The molecule has 1 aromatic carbocycles. The Balaban J connectivity index is 1.50. The highest BCUT2D eigenvalue weighted by atomic mass is 16.5. The molecule has 0 radical (unpaired) electrons. The second-order valence-electron chi connectivity index (χ2n) is 7.22. The summed E-state index contributed by atoms with van der Waals surface area (Å²) in [5.41, 5.74) is 0.653. The Morgan fingerprint density at radius 2 is 1.81 bits per heavy atom. The van der Waals surface area contributed by atoms with E-state index in [4.69, 9.17) is 4.74 Å². The van der Waals surface area contributed by atoms with E-state index in [1.807, 2.05) is 54.5 Å². The number of hydrogen-bond acceptors (Lipinski definition) is 4. The van der Waals surface area contributed by atoms with Crippen LogP contribution in [-0.2, 0) is 14.9 Å². The van der Waals surface area contributed by atoms with E-state index in [1.165, 1.54) is 0 Å². The normalized spacial score (nSPS) is 19.7. The third-order valence-electron chi connectivity index (χ3n) is 5.79. The van der Waals surface area contributed by atoms with Crippen molar-refractivity contribution >= 4 is 11.7 Å². The van der Waals surface area contributed by atoms with Gasteiger partial charge in [0.2, 0.25) is 5.91 Å². The van der Waals surface area contributed by atoms with Crippen molar-refractivity contribution in [3.8, 4) is 0 Å². The van der Waals surface area contributed by atoms with E-state index in [1.54, 1.807) is 0 Å². The van der Waals surface area contributed by atoms with Crippen molar-refractivity contribution in [2.24, 2.45) is 0 Å². The first-order chi connectivity index (χ1) is 12.7. The molecule has 4 rings (SSSR count). The number of anilines is 1. The average Bonchev–Trinajstić information content (AvgIpc) is 2.68. The van der Waals surface area contributed by atoms with Crippen LogP contribution in [0.3, 0.4) is 0 Å². The zero-order valence-electron chi connectivity index (χ0n) is 15.2. The third kappa shape index (κ3) is 2.97. The van der Waals surface area contributed by atoms with Crippen LogP contribution in [-0.4, -0.2) is 55.2 Å². The molecule has 0 aliphatic carbocycles. The molecule has 1 aromatic heterocycles. The molecule has 2 fully saturated rings. The highest BCUT2D eigenvalue weighted by Gasteiger charge is 2.46. The maximum atomic E-state index is 13.5. The van der Waals surface area contributed by atoms with Crippen molar-refractivity contribution in [3.05, 3.63) is 60.3 Å². The van der Waals surface area contributed by atoms with Crippen LogP contribution in [0.1, 0.15) is 18.4 Å². The maximum Gasteiger partial charge on any atom is 0.233 e. The van der Waals surface area contributed by atoms with E-state index in [-0.39, 0.29) is 11.9 Å². The van der Waals surface area contributed by atoms with Crippen LogP contribution in [0.15, 0.2) is 54.7 Å². The third-order valence-corrected chi connectivity index (χ3v) is 5.79. The van der Waals surface area contributed by atoms with Gasteiger partial charge < -0.3 is 14.5 Å². The molecule has 26 heavy (non-hydrogen) atoms. The molecule has 5 nitrogen and oxygen atoms in total. The van der Waals surface area contributed by atoms with Crippen LogP contribution in [0.4, 0.5) is 5.82 Å². The fraction of sp³-hybridized carbons (Fsp3) is 0.429. The molecule has 0 saturated carbocycles. The molecule has 2 aromatic rings. The van der Waals surface area contributed by atoms with E-state index in [0.29, 0.717) is 13.2 Å². The quantitative estimate of drug-likeness (QED) is 0.849. The Bertz CT molecular complexity index is 738. The second-order valence-corrected chi connectivity index (χ2v) is 7.22. The molecular formula is C21H25N3O2. The van der Waals surface area contributed by atoms with Gasteiger partial charge in [-0.2, -0.15) is 0 Å². The van der Waals surface area contributed by atoms with Gasteiger partial charge in [-0.1, -0.05) is 36.4 Å². The largest absolute Gasteiger partial charge is 0.381 e. The first-order valence-corrected chi connectivity index (χ1v) is 9.27. The molecule has 0 spiro atoms. The summed E-state index contributed by atoms with van der Waals surface area (Å²) in [7, 11) is 1.95. The van der Waals surface area contributed by atoms with Crippen LogP contribution in [0.2, 0.25) is 0 Å². The topological polar surface area (TPSA) is 45.7 Å². The van der Waals surface area contributed by atoms with Gasteiger partial charge in [0.05, 0.1) is 11.5 Å². The summed E-state index contributed by atoms with van der Waals surface area (Å²) in [6.45, 7) is 2.94. The van der Waals surface area contributed by atoms with Gasteiger partial charge in [-0.25, -0.2) is 4.98 Å². The first-order valence-electron chi connectivity index (χ1n) is 9.27. The standard InChI is InChI=1S/C21H25N3O2/c1-23(18-15-24(16-18)19-9-5-6-12-22-19)20(25)21(10-13-26-14-11-21)17-7-3-2-4-8-17/h2-9,12,18H,10-11,13-16H2,1H3. The molecule has 2 saturated heterocycles. The van der Waals surface area contributed by atoms with Gasteiger partial charge >= 0.3 is 0 Å². The monoisotopic (exact) mass is 351 g/mol. The number of hydrogen-bond donors (Lipinski definition) is 0. The minimum Gasteiger partial charge on any atom is -0.381 e. The summed E-state index contributed by atoms with van der Waals surface area (Å²) >= 11 is 0. The highest BCUT2D eigenvalue weighted by Crippen LogP contribution is 2.37.